The molecule has 5 rings (SSSR count). The van der Waals surface area contributed by atoms with Crippen LogP contribution in [0.1, 0.15) is 10.4 Å². The van der Waals surface area contributed by atoms with E-state index in [9.17, 15) is 19.2 Å². The van der Waals surface area contributed by atoms with Crippen molar-refractivity contribution >= 4 is 46.0 Å². The summed E-state index contributed by atoms with van der Waals surface area (Å²) in [6.45, 7) is 2.28. The lowest BCUT2D eigenvalue weighted by Gasteiger charge is -2.36. The van der Waals surface area contributed by atoms with E-state index in [4.69, 9.17) is 11.6 Å². The molecule has 2 aromatic carbocycles. The van der Waals surface area contributed by atoms with Crippen molar-refractivity contribution in [2.75, 3.05) is 36.4 Å². The first-order chi connectivity index (χ1) is 18.2. The van der Waals surface area contributed by atoms with Crippen LogP contribution in [0, 0.1) is 0 Å². The quantitative estimate of drug-likeness (QED) is 0.416. The Morgan fingerprint density at radius 1 is 0.974 bits per heavy atom. The van der Waals surface area contributed by atoms with Crippen molar-refractivity contribution in [1.82, 2.24) is 23.6 Å². The number of carbonyl (C=O) groups excluding carboxylic acids is 2. The maximum absolute atomic E-state index is 12.8. The molecule has 0 spiro atoms. The molecule has 0 saturated carbocycles. The van der Waals surface area contributed by atoms with E-state index in [0.29, 0.717) is 42.5 Å². The van der Waals surface area contributed by atoms with Crippen molar-refractivity contribution in [3.63, 3.8) is 0 Å². The van der Waals surface area contributed by atoms with Gasteiger partial charge in [0.2, 0.25) is 5.91 Å². The van der Waals surface area contributed by atoms with Crippen LogP contribution >= 0.6 is 11.6 Å². The minimum Gasteiger partial charge on any atom is -0.367 e. The van der Waals surface area contributed by atoms with Gasteiger partial charge in [-0.15, -0.1) is 0 Å². The van der Waals surface area contributed by atoms with Crippen LogP contribution in [-0.2, 0) is 25.4 Å². The lowest BCUT2D eigenvalue weighted by Crippen LogP contribution is -2.48. The van der Waals surface area contributed by atoms with Crippen LogP contribution < -0.4 is 21.5 Å². The number of piperazine rings is 1. The zero-order valence-corrected chi connectivity index (χ0v) is 21.7. The van der Waals surface area contributed by atoms with Crippen LogP contribution in [0.5, 0.6) is 0 Å². The Bertz CT molecular complexity index is 1650. The Morgan fingerprint density at radius 3 is 2.37 bits per heavy atom. The molecule has 1 aliphatic heterocycles. The predicted octanol–water partition coefficient (Wildman–Crippen LogP) is 1.69. The number of rotatable bonds is 5. The zero-order chi connectivity index (χ0) is 27.0. The zero-order valence-electron chi connectivity index (χ0n) is 20.9. The molecule has 4 aromatic rings. The van der Waals surface area contributed by atoms with Gasteiger partial charge in [0.05, 0.1) is 17.0 Å². The Morgan fingerprint density at radius 2 is 1.68 bits per heavy atom. The summed E-state index contributed by atoms with van der Waals surface area (Å²) in [5.74, 6) is -0.352. The van der Waals surface area contributed by atoms with E-state index < -0.39 is 11.2 Å². The van der Waals surface area contributed by atoms with E-state index in [1.807, 2.05) is 41.3 Å². The minimum atomic E-state index is -0.519. The molecule has 2 amide bonds. The standard InChI is InChI=1S/C26H26ClN7O4/c1-30-23-22(25(37)31(2)26(30)38)28-16-34(23)15-21(35)29-18-8-9-20(19(27)14-18)32-10-12-33(13-11-32)24(36)17-6-4-3-5-7-17/h3-9,14,16H,10-13,15H2,1-2H3,(H,29,35). The molecular formula is C26H26ClN7O4. The number of halogens is 1. The van der Waals surface area contributed by atoms with Crippen LogP contribution in [0.4, 0.5) is 11.4 Å². The Kier molecular flexibility index (Phi) is 6.77. The molecule has 11 nitrogen and oxygen atoms in total. The van der Waals surface area contributed by atoms with Crippen molar-refractivity contribution < 1.29 is 9.59 Å². The number of aromatic nitrogens is 4. The van der Waals surface area contributed by atoms with Crippen molar-refractivity contribution in [3.05, 3.63) is 86.3 Å². The average molecular weight is 536 g/mol. The monoisotopic (exact) mass is 535 g/mol. The normalized spacial score (nSPS) is 13.7. The Labute approximate surface area is 222 Å². The Balaban J connectivity index is 1.24. The van der Waals surface area contributed by atoms with Crippen molar-refractivity contribution in [1.29, 1.82) is 0 Å². The molecule has 1 aliphatic rings. The molecule has 12 heteroatoms. The summed E-state index contributed by atoms with van der Waals surface area (Å²) < 4.78 is 3.72. The van der Waals surface area contributed by atoms with Crippen LogP contribution in [0.25, 0.3) is 11.2 Å². The largest absolute Gasteiger partial charge is 0.367 e. The highest BCUT2D eigenvalue weighted by atomic mass is 35.5. The molecule has 38 heavy (non-hydrogen) atoms. The summed E-state index contributed by atoms with van der Waals surface area (Å²) in [4.78, 5) is 58.1. The number of nitrogens with zero attached hydrogens (tertiary/aromatic N) is 6. The van der Waals surface area contributed by atoms with E-state index in [0.717, 1.165) is 10.3 Å². The number of hydrogen-bond donors (Lipinski definition) is 1. The second kappa shape index (κ2) is 10.2. The highest BCUT2D eigenvalue weighted by Gasteiger charge is 2.23. The summed E-state index contributed by atoms with van der Waals surface area (Å²) in [6.07, 6.45) is 1.36. The fourth-order valence-electron chi connectivity index (χ4n) is 4.67. The number of carbonyl (C=O) groups is 2. The maximum Gasteiger partial charge on any atom is 0.332 e. The summed E-state index contributed by atoms with van der Waals surface area (Å²) in [7, 11) is 2.91. The molecule has 0 radical (unpaired) electrons. The van der Waals surface area contributed by atoms with Crippen LogP contribution in [0.15, 0.2) is 64.4 Å². The number of nitrogens with one attached hydrogen (secondary N) is 1. The molecule has 0 unspecified atom stereocenters. The maximum atomic E-state index is 12.8. The molecule has 0 aliphatic carbocycles. The number of hydrogen-bond acceptors (Lipinski definition) is 6. The topological polar surface area (TPSA) is 114 Å². The summed E-state index contributed by atoms with van der Waals surface area (Å²) in [6, 6.07) is 14.5. The molecule has 0 bridgehead atoms. The smallest absolute Gasteiger partial charge is 0.332 e. The van der Waals surface area contributed by atoms with Crippen molar-refractivity contribution in [3.8, 4) is 0 Å². The van der Waals surface area contributed by atoms with Crippen molar-refractivity contribution in [2.45, 2.75) is 6.54 Å². The molecule has 0 atom stereocenters. The molecule has 1 saturated heterocycles. The van der Waals surface area contributed by atoms with Gasteiger partial charge < -0.3 is 19.7 Å². The van der Waals surface area contributed by atoms with Gasteiger partial charge in [0, 0.05) is 51.5 Å². The number of amides is 2. The lowest BCUT2D eigenvalue weighted by atomic mass is 10.1. The van der Waals surface area contributed by atoms with E-state index >= 15 is 0 Å². The fraction of sp³-hybridized carbons (Fsp3) is 0.269. The summed E-state index contributed by atoms with van der Waals surface area (Å²) in [5.41, 5.74) is 1.37. The number of aryl methyl sites for hydroxylation is 1. The van der Waals surface area contributed by atoms with Gasteiger partial charge in [-0.3, -0.25) is 23.5 Å². The van der Waals surface area contributed by atoms with Gasteiger partial charge in [-0.2, -0.15) is 0 Å². The third-order valence-electron chi connectivity index (χ3n) is 6.68. The van der Waals surface area contributed by atoms with Gasteiger partial charge >= 0.3 is 5.69 Å². The van der Waals surface area contributed by atoms with Gasteiger partial charge in [0.25, 0.3) is 11.5 Å². The summed E-state index contributed by atoms with van der Waals surface area (Å²) in [5, 5.41) is 3.28. The Hall–Kier alpha value is -4.38. The molecule has 1 N–H and O–H groups in total. The van der Waals surface area contributed by atoms with Gasteiger partial charge in [-0.05, 0) is 30.3 Å². The van der Waals surface area contributed by atoms with Gasteiger partial charge in [-0.25, -0.2) is 9.78 Å². The first-order valence-corrected chi connectivity index (χ1v) is 12.4. The third-order valence-corrected chi connectivity index (χ3v) is 6.99. The second-order valence-corrected chi connectivity index (χ2v) is 9.52. The van der Waals surface area contributed by atoms with Gasteiger partial charge in [0.1, 0.15) is 12.2 Å². The molecule has 196 valence electrons. The first-order valence-electron chi connectivity index (χ1n) is 12.0. The van der Waals surface area contributed by atoms with Gasteiger partial charge in [0.15, 0.2) is 5.52 Å². The van der Waals surface area contributed by atoms with Crippen LogP contribution in [0.3, 0.4) is 0 Å². The summed E-state index contributed by atoms with van der Waals surface area (Å²) >= 11 is 6.57. The van der Waals surface area contributed by atoms with E-state index in [1.54, 1.807) is 12.1 Å². The van der Waals surface area contributed by atoms with Crippen molar-refractivity contribution in [2.24, 2.45) is 14.1 Å². The minimum absolute atomic E-state index is 0.0144. The first kappa shape index (κ1) is 25.3. The third kappa shape index (κ3) is 4.68. The number of fused-ring (bicyclic) bond motifs is 1. The van der Waals surface area contributed by atoms with E-state index in [-0.39, 0.29) is 29.5 Å². The number of benzene rings is 2. The average Bonchev–Trinajstić information content (AvgIpc) is 3.34. The molecular weight excluding hydrogens is 510 g/mol. The molecule has 1 fully saturated rings. The predicted molar refractivity (Wildman–Crippen MR) is 145 cm³/mol. The lowest BCUT2D eigenvalue weighted by molar-refractivity contribution is -0.116. The highest BCUT2D eigenvalue weighted by Crippen LogP contribution is 2.30. The van der Waals surface area contributed by atoms with Gasteiger partial charge in [-0.1, -0.05) is 29.8 Å². The van der Waals surface area contributed by atoms with E-state index in [1.165, 1.54) is 29.6 Å². The van der Waals surface area contributed by atoms with E-state index in [2.05, 4.69) is 15.2 Å². The fourth-order valence-corrected chi connectivity index (χ4v) is 4.97. The molecule has 3 heterocycles. The van der Waals surface area contributed by atoms with Crippen LogP contribution in [0.2, 0.25) is 5.02 Å². The number of imidazole rings is 1. The number of anilines is 2. The highest BCUT2D eigenvalue weighted by molar-refractivity contribution is 6.33. The molecule has 2 aromatic heterocycles. The second-order valence-electron chi connectivity index (χ2n) is 9.11. The van der Waals surface area contributed by atoms with Crippen LogP contribution in [-0.4, -0.2) is 61.6 Å². The SMILES string of the molecule is Cn1c(=O)c2ncn(CC(=O)Nc3ccc(N4CCN(C(=O)c5ccccc5)CC4)c(Cl)c3)c2n(C)c1=O.